The fourth-order valence-corrected chi connectivity index (χ4v) is 3.01. The number of anilines is 1. The molecule has 1 N–H and O–H groups in total. The fraction of sp³-hybridized carbons (Fsp3) is 0.190. The van der Waals surface area contributed by atoms with E-state index in [0.29, 0.717) is 22.7 Å². The van der Waals surface area contributed by atoms with E-state index in [9.17, 15) is 9.59 Å². The highest BCUT2D eigenvalue weighted by molar-refractivity contribution is 5.95. The Bertz CT molecular complexity index is 1070. The Morgan fingerprint density at radius 1 is 1.07 bits per heavy atom. The number of hydrogen-bond acceptors (Lipinski definition) is 6. The highest BCUT2D eigenvalue weighted by Gasteiger charge is 2.15. The molecule has 0 radical (unpaired) electrons. The lowest BCUT2D eigenvalue weighted by Crippen LogP contribution is -2.20. The Hall–Kier alpha value is -3.81. The first-order valence-electron chi connectivity index (χ1n) is 9.00. The summed E-state index contributed by atoms with van der Waals surface area (Å²) in [7, 11) is 0. The SMILES string of the molecule is Cc1cc(C)n(-c2ccc(C(=O)OCC(=O)Nc3ccc4c(c3)OCO4)cc2)n1. The number of nitrogens with zero attached hydrogens (tertiary/aromatic N) is 2. The quantitative estimate of drug-likeness (QED) is 0.670. The molecule has 148 valence electrons. The van der Waals surface area contributed by atoms with Crippen molar-refractivity contribution in [2.45, 2.75) is 13.8 Å². The van der Waals surface area contributed by atoms with Gasteiger partial charge in [0.05, 0.1) is 16.9 Å². The minimum atomic E-state index is -0.578. The number of carbonyl (C=O) groups is 2. The van der Waals surface area contributed by atoms with Crippen molar-refractivity contribution in [3.63, 3.8) is 0 Å². The zero-order valence-corrected chi connectivity index (χ0v) is 16.0. The Morgan fingerprint density at radius 3 is 2.55 bits per heavy atom. The van der Waals surface area contributed by atoms with Crippen LogP contribution in [-0.4, -0.2) is 35.1 Å². The van der Waals surface area contributed by atoms with E-state index in [4.69, 9.17) is 14.2 Å². The number of benzene rings is 2. The number of fused-ring (bicyclic) bond motifs is 1. The molecule has 0 saturated heterocycles. The summed E-state index contributed by atoms with van der Waals surface area (Å²) in [5, 5.41) is 7.06. The maximum absolute atomic E-state index is 12.2. The summed E-state index contributed by atoms with van der Waals surface area (Å²) in [5.41, 5.74) is 3.64. The second kappa shape index (κ2) is 7.67. The average molecular weight is 393 g/mol. The number of aromatic nitrogens is 2. The highest BCUT2D eigenvalue weighted by atomic mass is 16.7. The van der Waals surface area contributed by atoms with Crippen LogP contribution in [0.15, 0.2) is 48.5 Å². The molecule has 29 heavy (non-hydrogen) atoms. The maximum atomic E-state index is 12.2. The van der Waals surface area contributed by atoms with Crippen LogP contribution >= 0.6 is 0 Å². The molecule has 0 fully saturated rings. The van der Waals surface area contributed by atoms with Gasteiger partial charge < -0.3 is 19.5 Å². The van der Waals surface area contributed by atoms with E-state index >= 15 is 0 Å². The highest BCUT2D eigenvalue weighted by Crippen LogP contribution is 2.34. The van der Waals surface area contributed by atoms with Gasteiger partial charge in [0.2, 0.25) is 6.79 Å². The van der Waals surface area contributed by atoms with E-state index in [-0.39, 0.29) is 6.79 Å². The van der Waals surface area contributed by atoms with E-state index in [1.807, 2.05) is 19.9 Å². The van der Waals surface area contributed by atoms with Crippen molar-refractivity contribution >= 4 is 17.6 Å². The first kappa shape index (κ1) is 18.5. The fourth-order valence-electron chi connectivity index (χ4n) is 3.01. The van der Waals surface area contributed by atoms with Crippen molar-refractivity contribution in [1.29, 1.82) is 0 Å². The number of carbonyl (C=O) groups excluding carboxylic acids is 2. The van der Waals surface area contributed by atoms with Gasteiger partial charge in [-0.2, -0.15) is 5.10 Å². The number of rotatable bonds is 5. The molecule has 0 saturated carbocycles. The number of esters is 1. The van der Waals surface area contributed by atoms with Crippen molar-refractivity contribution < 1.29 is 23.8 Å². The third-order valence-electron chi connectivity index (χ3n) is 4.35. The van der Waals surface area contributed by atoms with Crippen LogP contribution in [0.5, 0.6) is 11.5 Å². The van der Waals surface area contributed by atoms with Crippen molar-refractivity contribution in [2.24, 2.45) is 0 Å². The molecule has 2 heterocycles. The molecule has 0 bridgehead atoms. The lowest BCUT2D eigenvalue weighted by atomic mass is 10.2. The number of ether oxygens (including phenoxy) is 3. The Labute approximate surface area is 167 Å². The van der Waals surface area contributed by atoms with Crippen molar-refractivity contribution in [1.82, 2.24) is 9.78 Å². The predicted molar refractivity (Wildman–Crippen MR) is 105 cm³/mol. The van der Waals surface area contributed by atoms with E-state index in [2.05, 4.69) is 10.4 Å². The Morgan fingerprint density at radius 2 is 1.83 bits per heavy atom. The first-order valence-corrected chi connectivity index (χ1v) is 9.00. The monoisotopic (exact) mass is 393 g/mol. The molecule has 1 aromatic heterocycles. The first-order chi connectivity index (χ1) is 14.0. The van der Waals surface area contributed by atoms with Gasteiger partial charge >= 0.3 is 5.97 Å². The minimum absolute atomic E-state index is 0.155. The van der Waals surface area contributed by atoms with Gasteiger partial charge in [-0.1, -0.05) is 0 Å². The lowest BCUT2D eigenvalue weighted by Gasteiger charge is -2.08. The van der Waals surface area contributed by atoms with Gasteiger partial charge in [-0.3, -0.25) is 4.79 Å². The van der Waals surface area contributed by atoms with E-state index < -0.39 is 18.5 Å². The molecule has 0 atom stereocenters. The molecule has 0 unspecified atom stereocenters. The summed E-state index contributed by atoms with van der Waals surface area (Å²) in [6.45, 7) is 3.64. The molecule has 0 spiro atoms. The van der Waals surface area contributed by atoms with Gasteiger partial charge in [-0.05, 0) is 56.3 Å². The summed E-state index contributed by atoms with van der Waals surface area (Å²) in [5.74, 6) is 0.156. The zero-order valence-electron chi connectivity index (χ0n) is 16.0. The average Bonchev–Trinajstić information content (AvgIpc) is 3.31. The molecule has 8 heteroatoms. The van der Waals surface area contributed by atoms with Gasteiger partial charge in [0.25, 0.3) is 5.91 Å². The smallest absolute Gasteiger partial charge is 0.338 e. The second-order valence-electron chi connectivity index (χ2n) is 6.58. The Balaban J connectivity index is 1.33. The van der Waals surface area contributed by atoms with Crippen molar-refractivity contribution in [2.75, 3.05) is 18.7 Å². The topological polar surface area (TPSA) is 91.7 Å². The largest absolute Gasteiger partial charge is 0.454 e. The van der Waals surface area contributed by atoms with E-state index in [0.717, 1.165) is 17.1 Å². The number of hydrogen-bond donors (Lipinski definition) is 1. The van der Waals surface area contributed by atoms with E-state index in [1.54, 1.807) is 47.1 Å². The summed E-state index contributed by atoms with van der Waals surface area (Å²) in [4.78, 5) is 24.3. The van der Waals surface area contributed by atoms with Crippen LogP contribution in [0.4, 0.5) is 5.69 Å². The zero-order chi connectivity index (χ0) is 20.4. The van der Waals surface area contributed by atoms with Crippen molar-refractivity contribution in [3.8, 4) is 17.2 Å². The maximum Gasteiger partial charge on any atom is 0.338 e. The van der Waals surface area contributed by atoms with Crippen LogP contribution in [0.2, 0.25) is 0 Å². The standard InChI is InChI=1S/C21H19N3O5/c1-13-9-14(2)24(23-13)17-6-3-15(4-7-17)21(26)27-11-20(25)22-16-5-8-18-19(10-16)29-12-28-18/h3-10H,11-12H2,1-2H3,(H,22,25). The molecular weight excluding hydrogens is 374 g/mol. The minimum Gasteiger partial charge on any atom is -0.454 e. The number of aryl methyl sites for hydroxylation is 2. The van der Waals surface area contributed by atoms with Gasteiger partial charge in [-0.15, -0.1) is 0 Å². The molecular formula is C21H19N3O5. The number of amides is 1. The molecule has 1 aliphatic rings. The second-order valence-corrected chi connectivity index (χ2v) is 6.58. The van der Waals surface area contributed by atoms with Gasteiger partial charge in [-0.25, -0.2) is 9.48 Å². The van der Waals surface area contributed by atoms with E-state index in [1.165, 1.54) is 0 Å². The van der Waals surface area contributed by atoms with Gasteiger partial charge in [0, 0.05) is 17.4 Å². The Kier molecular flexibility index (Phi) is 4.90. The predicted octanol–water partition coefficient (Wildman–Crippen LogP) is 3.01. The van der Waals surface area contributed by atoms with Gasteiger partial charge in [0.15, 0.2) is 18.1 Å². The molecule has 8 nitrogen and oxygen atoms in total. The molecule has 0 aliphatic carbocycles. The summed E-state index contributed by atoms with van der Waals surface area (Å²) < 4.78 is 17.4. The summed E-state index contributed by atoms with van der Waals surface area (Å²) >= 11 is 0. The summed E-state index contributed by atoms with van der Waals surface area (Å²) in [6.07, 6.45) is 0. The van der Waals surface area contributed by atoms with Crippen LogP contribution in [0, 0.1) is 13.8 Å². The molecule has 4 rings (SSSR count). The normalized spacial score (nSPS) is 11.9. The van der Waals surface area contributed by atoms with Crippen LogP contribution in [0.25, 0.3) is 5.69 Å². The lowest BCUT2D eigenvalue weighted by molar-refractivity contribution is -0.119. The van der Waals surface area contributed by atoms with Crippen LogP contribution in [0.1, 0.15) is 21.7 Å². The third-order valence-corrected chi connectivity index (χ3v) is 4.35. The van der Waals surface area contributed by atoms with Crippen LogP contribution < -0.4 is 14.8 Å². The molecule has 3 aromatic rings. The summed E-state index contributed by atoms with van der Waals surface area (Å²) in [6, 6.07) is 13.9. The molecule has 2 aromatic carbocycles. The van der Waals surface area contributed by atoms with Gasteiger partial charge in [0.1, 0.15) is 0 Å². The van der Waals surface area contributed by atoms with Crippen LogP contribution in [0.3, 0.4) is 0 Å². The van der Waals surface area contributed by atoms with Crippen molar-refractivity contribution in [3.05, 3.63) is 65.5 Å². The third kappa shape index (κ3) is 4.06. The molecule has 1 aliphatic heterocycles. The molecule has 1 amide bonds. The van der Waals surface area contributed by atoms with Crippen LogP contribution in [-0.2, 0) is 9.53 Å². The number of nitrogens with one attached hydrogen (secondary N) is 1.